The number of benzene rings is 3. The summed E-state index contributed by atoms with van der Waals surface area (Å²) in [7, 11) is 2.91. The van der Waals surface area contributed by atoms with Crippen LogP contribution in [0.15, 0.2) is 42.5 Å². The average Bonchev–Trinajstić information content (AvgIpc) is 3.62. The summed E-state index contributed by atoms with van der Waals surface area (Å²) in [5, 5.41) is 14.2. The zero-order chi connectivity index (χ0) is 30.8. The van der Waals surface area contributed by atoms with E-state index in [4.69, 9.17) is 30.5 Å². The van der Waals surface area contributed by atoms with E-state index < -0.39 is 29.7 Å². The summed E-state index contributed by atoms with van der Waals surface area (Å²) >= 11 is 6.31. The molecule has 2 N–H and O–H groups in total. The standard InChI is InChI=1S/C32H34ClFN2O7/c1-5-17-9-20(33)10-18(6-2)29(17)35-27(37)15-36-14-23(19-11-25(41-4)31-26(12-19)42-16-43-31)28(32(38)39)30(36)22-8-7-21(40-3)13-24(22)34/h7-13,23,28,30H,5-6,14-16H2,1-4H3,(H,35,37)(H,38,39)/t23-,28-,30+/m1/s1. The molecule has 3 aromatic rings. The first-order chi connectivity index (χ1) is 20.7. The molecule has 0 radical (unpaired) electrons. The lowest BCUT2D eigenvalue weighted by Crippen LogP contribution is -2.35. The van der Waals surface area contributed by atoms with E-state index in [-0.39, 0.29) is 31.4 Å². The highest BCUT2D eigenvalue weighted by Gasteiger charge is 2.49. The molecule has 5 rings (SSSR count). The van der Waals surface area contributed by atoms with Gasteiger partial charge in [-0.25, -0.2) is 4.39 Å². The van der Waals surface area contributed by atoms with Gasteiger partial charge in [0, 0.05) is 34.8 Å². The Morgan fingerprint density at radius 1 is 1.07 bits per heavy atom. The van der Waals surface area contributed by atoms with Crippen LogP contribution in [0.1, 0.15) is 48.1 Å². The molecule has 0 spiro atoms. The van der Waals surface area contributed by atoms with E-state index in [1.54, 1.807) is 23.1 Å². The first kappa shape index (κ1) is 30.4. The third-order valence-electron chi connectivity index (χ3n) is 8.16. The molecule has 1 fully saturated rings. The number of carbonyl (C=O) groups excluding carboxylic acids is 1. The summed E-state index contributed by atoms with van der Waals surface area (Å²) in [4.78, 5) is 28.3. The Morgan fingerprint density at radius 3 is 2.40 bits per heavy atom. The van der Waals surface area contributed by atoms with Gasteiger partial charge < -0.3 is 29.4 Å². The second-order valence-electron chi connectivity index (χ2n) is 10.5. The van der Waals surface area contributed by atoms with Crippen molar-refractivity contribution in [2.45, 2.75) is 38.6 Å². The summed E-state index contributed by atoms with van der Waals surface area (Å²) in [6.45, 7) is 3.95. The molecule has 0 aliphatic carbocycles. The third-order valence-corrected chi connectivity index (χ3v) is 8.38. The number of hydrogen-bond acceptors (Lipinski definition) is 7. The Bertz CT molecular complexity index is 1520. The number of rotatable bonds is 10. The molecule has 3 aromatic carbocycles. The Hall–Kier alpha value is -4.02. The maximum atomic E-state index is 15.6. The minimum Gasteiger partial charge on any atom is -0.497 e. The summed E-state index contributed by atoms with van der Waals surface area (Å²) in [5.41, 5.74) is 3.26. The number of aliphatic carboxylic acids is 1. The maximum Gasteiger partial charge on any atom is 0.309 e. The normalized spacial score (nSPS) is 19.3. The largest absolute Gasteiger partial charge is 0.497 e. The predicted molar refractivity (Wildman–Crippen MR) is 159 cm³/mol. The van der Waals surface area contributed by atoms with Gasteiger partial charge in [-0.15, -0.1) is 0 Å². The molecule has 228 valence electrons. The zero-order valence-electron chi connectivity index (χ0n) is 24.4. The number of carboxylic acid groups (broad SMARTS) is 1. The number of methoxy groups -OCH3 is 2. The molecule has 0 bridgehead atoms. The van der Waals surface area contributed by atoms with E-state index in [2.05, 4.69) is 5.32 Å². The fourth-order valence-electron chi connectivity index (χ4n) is 6.15. The minimum atomic E-state index is -1.12. The number of carboxylic acids is 1. The number of nitrogens with one attached hydrogen (secondary N) is 1. The molecule has 2 heterocycles. The number of likely N-dealkylation sites (tertiary alicyclic amines) is 1. The monoisotopic (exact) mass is 612 g/mol. The summed E-state index contributed by atoms with van der Waals surface area (Å²) < 4.78 is 37.4. The second kappa shape index (κ2) is 12.7. The van der Waals surface area contributed by atoms with Crippen molar-refractivity contribution in [1.82, 2.24) is 4.90 Å². The van der Waals surface area contributed by atoms with Crippen molar-refractivity contribution in [3.63, 3.8) is 0 Å². The summed E-state index contributed by atoms with van der Waals surface area (Å²) in [5.74, 6) is -2.25. The average molecular weight is 613 g/mol. The number of amides is 1. The van der Waals surface area contributed by atoms with E-state index >= 15 is 4.39 Å². The van der Waals surface area contributed by atoms with Gasteiger partial charge in [-0.1, -0.05) is 31.5 Å². The lowest BCUT2D eigenvalue weighted by molar-refractivity contribution is -0.143. The Kier molecular flexibility index (Phi) is 8.98. The van der Waals surface area contributed by atoms with E-state index in [1.165, 1.54) is 26.4 Å². The molecule has 9 nitrogen and oxygen atoms in total. The quantitative estimate of drug-likeness (QED) is 0.295. The molecular formula is C32H34ClFN2O7. The zero-order valence-corrected chi connectivity index (χ0v) is 25.2. The van der Waals surface area contributed by atoms with Gasteiger partial charge in [0.2, 0.25) is 18.4 Å². The van der Waals surface area contributed by atoms with Gasteiger partial charge in [-0.2, -0.15) is 0 Å². The van der Waals surface area contributed by atoms with Crippen molar-refractivity contribution in [1.29, 1.82) is 0 Å². The number of aryl methyl sites for hydroxylation is 2. The van der Waals surface area contributed by atoms with Gasteiger partial charge >= 0.3 is 5.97 Å². The molecule has 11 heteroatoms. The van der Waals surface area contributed by atoms with Crippen LogP contribution < -0.4 is 24.3 Å². The van der Waals surface area contributed by atoms with Crippen LogP contribution in [0.5, 0.6) is 23.0 Å². The van der Waals surface area contributed by atoms with Gasteiger partial charge in [-0.05, 0) is 59.9 Å². The topological polar surface area (TPSA) is 107 Å². The third kappa shape index (κ3) is 5.94. The van der Waals surface area contributed by atoms with Crippen LogP contribution in [0, 0.1) is 11.7 Å². The van der Waals surface area contributed by atoms with Crippen LogP contribution in [-0.2, 0) is 22.4 Å². The van der Waals surface area contributed by atoms with Crippen LogP contribution >= 0.6 is 11.6 Å². The highest BCUT2D eigenvalue weighted by atomic mass is 35.5. The van der Waals surface area contributed by atoms with Crippen LogP contribution in [0.25, 0.3) is 0 Å². The SMILES string of the molecule is CCc1cc(Cl)cc(CC)c1NC(=O)CN1C[C@H](c2cc(OC)c3c(c2)OCO3)[C@@H](C(=O)O)[C@@H]1c1ccc(OC)cc1F. The Labute approximate surface area is 254 Å². The first-order valence-corrected chi connectivity index (χ1v) is 14.5. The maximum absolute atomic E-state index is 15.6. The number of halogens is 2. The van der Waals surface area contributed by atoms with Crippen molar-refractivity contribution in [2.24, 2.45) is 5.92 Å². The van der Waals surface area contributed by atoms with E-state index in [0.29, 0.717) is 52.1 Å². The fourth-order valence-corrected chi connectivity index (χ4v) is 6.41. The highest BCUT2D eigenvalue weighted by Crippen LogP contribution is 2.50. The van der Waals surface area contributed by atoms with Gasteiger partial charge in [0.15, 0.2) is 11.5 Å². The first-order valence-electron chi connectivity index (χ1n) is 14.1. The number of carbonyl (C=O) groups is 2. The molecular weight excluding hydrogens is 579 g/mol. The molecule has 0 saturated carbocycles. The smallest absolute Gasteiger partial charge is 0.309 e. The van der Waals surface area contributed by atoms with Crippen molar-refractivity contribution in [2.75, 3.05) is 39.4 Å². The summed E-state index contributed by atoms with van der Waals surface area (Å²) in [6.07, 6.45) is 1.31. The predicted octanol–water partition coefficient (Wildman–Crippen LogP) is 5.83. The molecule has 0 unspecified atom stereocenters. The van der Waals surface area contributed by atoms with Crippen LogP contribution in [0.4, 0.5) is 10.1 Å². The molecule has 1 amide bonds. The fraction of sp³-hybridized carbons (Fsp3) is 0.375. The molecule has 1 saturated heterocycles. The van der Waals surface area contributed by atoms with E-state index in [1.807, 2.05) is 26.0 Å². The summed E-state index contributed by atoms with van der Waals surface area (Å²) in [6, 6.07) is 10.5. The van der Waals surface area contributed by atoms with Crippen LogP contribution in [-0.4, -0.2) is 56.0 Å². The lowest BCUT2D eigenvalue weighted by atomic mass is 9.82. The molecule has 3 atom stereocenters. The van der Waals surface area contributed by atoms with Crippen LogP contribution in [0.2, 0.25) is 5.02 Å². The molecule has 43 heavy (non-hydrogen) atoms. The van der Waals surface area contributed by atoms with E-state index in [0.717, 1.165) is 11.1 Å². The lowest BCUT2D eigenvalue weighted by Gasteiger charge is -2.27. The Balaban J connectivity index is 1.55. The number of anilines is 1. The molecule has 2 aliphatic heterocycles. The van der Waals surface area contributed by atoms with Crippen LogP contribution in [0.3, 0.4) is 0 Å². The number of fused-ring (bicyclic) bond motifs is 1. The van der Waals surface area contributed by atoms with Crippen molar-refractivity contribution in [3.05, 3.63) is 75.6 Å². The van der Waals surface area contributed by atoms with E-state index in [9.17, 15) is 14.7 Å². The second-order valence-corrected chi connectivity index (χ2v) is 11.0. The van der Waals surface area contributed by atoms with Gasteiger partial charge in [0.1, 0.15) is 11.6 Å². The van der Waals surface area contributed by atoms with Crippen molar-refractivity contribution < 1.29 is 38.0 Å². The number of hydrogen-bond donors (Lipinski definition) is 2. The van der Waals surface area contributed by atoms with Gasteiger partial charge in [0.25, 0.3) is 0 Å². The number of ether oxygens (including phenoxy) is 4. The van der Waals surface area contributed by atoms with Crippen molar-refractivity contribution in [3.8, 4) is 23.0 Å². The molecule has 2 aliphatic rings. The number of nitrogens with zero attached hydrogens (tertiary/aromatic N) is 1. The molecule has 0 aromatic heterocycles. The minimum absolute atomic E-state index is 0.0122. The van der Waals surface area contributed by atoms with Gasteiger partial charge in [0.05, 0.1) is 32.7 Å². The van der Waals surface area contributed by atoms with Gasteiger partial charge in [-0.3, -0.25) is 14.5 Å². The Morgan fingerprint density at radius 2 is 1.79 bits per heavy atom. The van der Waals surface area contributed by atoms with Crippen molar-refractivity contribution >= 4 is 29.2 Å². The highest BCUT2D eigenvalue weighted by molar-refractivity contribution is 6.30.